The summed E-state index contributed by atoms with van der Waals surface area (Å²) in [6.45, 7) is 9.17. The fourth-order valence-electron chi connectivity index (χ4n) is 3.00. The van der Waals surface area contributed by atoms with Gasteiger partial charge in [-0.2, -0.15) is 0 Å². The van der Waals surface area contributed by atoms with Crippen molar-refractivity contribution in [3.8, 4) is 0 Å². The minimum atomic E-state index is 0.262. The van der Waals surface area contributed by atoms with E-state index in [0.717, 1.165) is 15.9 Å². The Labute approximate surface area is 106 Å². The summed E-state index contributed by atoms with van der Waals surface area (Å²) in [4.78, 5) is 7.70. The number of aromatic nitrogens is 3. The van der Waals surface area contributed by atoms with Gasteiger partial charge in [0.25, 0.3) is 0 Å². The Morgan fingerprint density at radius 3 is 2.53 bits per heavy atom. The number of rotatable bonds is 1. The first-order valence-electron chi connectivity index (χ1n) is 5.92. The number of H-pyrrole nitrogens is 1. The van der Waals surface area contributed by atoms with Crippen LogP contribution in [0.4, 0.5) is 0 Å². The van der Waals surface area contributed by atoms with Crippen LogP contribution in [-0.2, 0) is 0 Å². The number of nitrogens with zero attached hydrogens (tertiary/aromatic N) is 2. The molecule has 1 fully saturated rings. The van der Waals surface area contributed by atoms with Crippen LogP contribution >= 0.6 is 12.2 Å². The minimum Gasteiger partial charge on any atom is -0.329 e. The number of hydrogen-bond donors (Lipinski definition) is 1. The number of imidazole rings is 1. The van der Waals surface area contributed by atoms with E-state index in [1.807, 2.05) is 18.3 Å². The molecule has 1 N–H and O–H groups in total. The van der Waals surface area contributed by atoms with Crippen molar-refractivity contribution in [3.63, 3.8) is 0 Å². The molecule has 2 aromatic heterocycles. The average molecular weight is 247 g/mol. The molecule has 0 aromatic carbocycles. The van der Waals surface area contributed by atoms with Crippen molar-refractivity contribution >= 4 is 23.4 Å². The van der Waals surface area contributed by atoms with Crippen LogP contribution in [-0.4, -0.2) is 14.5 Å². The van der Waals surface area contributed by atoms with Crippen LogP contribution < -0.4 is 0 Å². The largest absolute Gasteiger partial charge is 0.329 e. The van der Waals surface area contributed by atoms with Crippen LogP contribution in [0.1, 0.15) is 33.7 Å². The van der Waals surface area contributed by atoms with Crippen molar-refractivity contribution in [3.05, 3.63) is 23.1 Å². The van der Waals surface area contributed by atoms with E-state index in [2.05, 4.69) is 42.2 Å². The molecule has 17 heavy (non-hydrogen) atoms. The van der Waals surface area contributed by atoms with E-state index in [0.29, 0.717) is 6.04 Å². The molecule has 0 radical (unpaired) electrons. The maximum atomic E-state index is 5.44. The average Bonchev–Trinajstić information content (AvgIpc) is 2.55. The van der Waals surface area contributed by atoms with Gasteiger partial charge in [-0.05, 0) is 35.2 Å². The molecule has 1 aliphatic rings. The van der Waals surface area contributed by atoms with Gasteiger partial charge in [-0.15, -0.1) is 0 Å². The Bertz CT molecular complexity index is 634. The lowest BCUT2D eigenvalue weighted by molar-refractivity contribution is 0.457. The monoisotopic (exact) mass is 247 g/mol. The van der Waals surface area contributed by atoms with Crippen molar-refractivity contribution in [2.75, 3.05) is 0 Å². The molecule has 0 spiro atoms. The molecule has 4 heteroatoms. The third-order valence-corrected chi connectivity index (χ3v) is 4.98. The quantitative estimate of drug-likeness (QED) is 0.779. The highest BCUT2D eigenvalue weighted by Gasteiger charge is 2.66. The summed E-state index contributed by atoms with van der Waals surface area (Å²) in [7, 11) is 0. The highest BCUT2D eigenvalue weighted by atomic mass is 32.1. The smallest absolute Gasteiger partial charge is 0.179 e. The summed E-state index contributed by atoms with van der Waals surface area (Å²) in [5, 5.41) is 0. The molecule has 1 aliphatic carbocycles. The van der Waals surface area contributed by atoms with Crippen molar-refractivity contribution < 1.29 is 0 Å². The predicted octanol–water partition coefficient (Wildman–Crippen LogP) is 3.70. The van der Waals surface area contributed by atoms with Crippen LogP contribution in [0, 0.1) is 15.6 Å². The fraction of sp³-hybridized carbons (Fsp3) is 0.538. The molecular weight excluding hydrogens is 230 g/mol. The topological polar surface area (TPSA) is 33.6 Å². The van der Waals surface area contributed by atoms with Gasteiger partial charge in [-0.25, -0.2) is 4.98 Å². The van der Waals surface area contributed by atoms with Gasteiger partial charge in [0.1, 0.15) is 0 Å². The summed E-state index contributed by atoms with van der Waals surface area (Å²) < 4.78 is 2.97. The van der Waals surface area contributed by atoms with Gasteiger partial charge in [-0.1, -0.05) is 27.7 Å². The first-order chi connectivity index (χ1) is 7.87. The van der Waals surface area contributed by atoms with E-state index >= 15 is 0 Å². The Balaban J connectivity index is 2.27. The molecule has 0 aliphatic heterocycles. The third kappa shape index (κ3) is 1.22. The molecule has 3 nitrogen and oxygen atoms in total. The SMILES string of the molecule is CC1(C)C(n2c(=S)[nH]c3cccnc32)C1(C)C. The Morgan fingerprint density at radius 2 is 1.94 bits per heavy atom. The van der Waals surface area contributed by atoms with Gasteiger partial charge >= 0.3 is 0 Å². The van der Waals surface area contributed by atoms with E-state index < -0.39 is 0 Å². The van der Waals surface area contributed by atoms with E-state index in [9.17, 15) is 0 Å². The predicted molar refractivity (Wildman–Crippen MR) is 71.5 cm³/mol. The fourth-order valence-corrected chi connectivity index (χ4v) is 3.31. The molecule has 2 aromatic rings. The first kappa shape index (κ1) is 11.0. The lowest BCUT2D eigenvalue weighted by atomic mass is 10.0. The Morgan fingerprint density at radius 1 is 1.29 bits per heavy atom. The van der Waals surface area contributed by atoms with Gasteiger partial charge in [0.15, 0.2) is 10.4 Å². The van der Waals surface area contributed by atoms with Gasteiger partial charge in [0, 0.05) is 12.2 Å². The lowest BCUT2D eigenvalue weighted by Crippen LogP contribution is -2.01. The minimum absolute atomic E-state index is 0.262. The standard InChI is InChI=1S/C13H17N3S/c1-12(2)10(13(12,3)4)16-9-8(15-11(16)17)6-5-7-14-9/h5-7,10H,1-4H3,(H,15,17). The highest BCUT2D eigenvalue weighted by molar-refractivity contribution is 7.71. The van der Waals surface area contributed by atoms with Gasteiger partial charge in [-0.3, -0.25) is 4.57 Å². The van der Waals surface area contributed by atoms with Gasteiger partial charge < -0.3 is 4.98 Å². The van der Waals surface area contributed by atoms with Crippen LogP contribution in [0.3, 0.4) is 0 Å². The zero-order valence-corrected chi connectivity index (χ0v) is 11.4. The molecule has 2 heterocycles. The number of aromatic amines is 1. The van der Waals surface area contributed by atoms with Crippen LogP contribution in [0.5, 0.6) is 0 Å². The summed E-state index contributed by atoms with van der Waals surface area (Å²) in [5.74, 6) is 0. The Kier molecular flexibility index (Phi) is 1.93. The number of pyridine rings is 1. The van der Waals surface area contributed by atoms with Gasteiger partial charge in [0.05, 0.1) is 5.52 Å². The van der Waals surface area contributed by atoms with E-state index in [4.69, 9.17) is 12.2 Å². The highest BCUT2D eigenvalue weighted by Crippen LogP contribution is 2.71. The Hall–Kier alpha value is -1.16. The summed E-state index contributed by atoms with van der Waals surface area (Å²) in [5.41, 5.74) is 2.52. The molecule has 0 bridgehead atoms. The molecule has 3 rings (SSSR count). The zero-order valence-electron chi connectivity index (χ0n) is 10.6. The van der Waals surface area contributed by atoms with Crippen molar-refractivity contribution in [1.82, 2.24) is 14.5 Å². The normalized spacial score (nSPS) is 21.9. The molecule has 0 atom stereocenters. The van der Waals surface area contributed by atoms with Crippen molar-refractivity contribution in [2.24, 2.45) is 10.8 Å². The molecule has 0 amide bonds. The zero-order chi connectivity index (χ0) is 12.4. The van der Waals surface area contributed by atoms with Crippen LogP contribution in [0.25, 0.3) is 11.2 Å². The molecule has 0 unspecified atom stereocenters. The third-order valence-electron chi connectivity index (χ3n) is 4.68. The molecule has 90 valence electrons. The summed E-state index contributed by atoms with van der Waals surface area (Å²) >= 11 is 5.44. The lowest BCUT2D eigenvalue weighted by Gasteiger charge is -2.05. The van der Waals surface area contributed by atoms with Crippen molar-refractivity contribution in [1.29, 1.82) is 0 Å². The second kappa shape index (κ2) is 2.99. The summed E-state index contributed by atoms with van der Waals surface area (Å²) in [6.07, 6.45) is 1.82. The maximum Gasteiger partial charge on any atom is 0.179 e. The van der Waals surface area contributed by atoms with E-state index in [-0.39, 0.29) is 10.8 Å². The molecule has 1 saturated carbocycles. The number of fused-ring (bicyclic) bond motifs is 1. The number of hydrogen-bond acceptors (Lipinski definition) is 2. The van der Waals surface area contributed by atoms with Gasteiger partial charge in [0.2, 0.25) is 0 Å². The van der Waals surface area contributed by atoms with Crippen LogP contribution in [0.15, 0.2) is 18.3 Å². The first-order valence-corrected chi connectivity index (χ1v) is 6.33. The molecular formula is C13H17N3S. The van der Waals surface area contributed by atoms with Crippen molar-refractivity contribution in [2.45, 2.75) is 33.7 Å². The second-order valence-electron chi connectivity index (χ2n) is 6.02. The summed E-state index contributed by atoms with van der Waals surface area (Å²) in [6, 6.07) is 4.38. The van der Waals surface area contributed by atoms with E-state index in [1.54, 1.807) is 0 Å². The second-order valence-corrected chi connectivity index (χ2v) is 6.41. The van der Waals surface area contributed by atoms with Crippen LogP contribution in [0.2, 0.25) is 0 Å². The van der Waals surface area contributed by atoms with E-state index in [1.165, 1.54) is 0 Å². The molecule has 0 saturated heterocycles. The number of nitrogens with one attached hydrogen (secondary N) is 1. The maximum absolute atomic E-state index is 5.44.